The van der Waals surface area contributed by atoms with Crippen molar-refractivity contribution in [2.45, 2.75) is 50.5 Å². The molecule has 188 valence electrons. The Morgan fingerprint density at radius 1 is 1.06 bits per heavy atom. The molecule has 2 aromatic carbocycles. The summed E-state index contributed by atoms with van der Waals surface area (Å²) in [7, 11) is 0. The van der Waals surface area contributed by atoms with E-state index >= 15 is 0 Å². The molecule has 2 aliphatic rings. The summed E-state index contributed by atoms with van der Waals surface area (Å²) in [6.45, 7) is 6.98. The number of rotatable bonds is 5. The van der Waals surface area contributed by atoms with Gasteiger partial charge in [0.2, 0.25) is 5.95 Å². The lowest BCUT2D eigenvalue weighted by Crippen LogP contribution is -2.38. The van der Waals surface area contributed by atoms with Gasteiger partial charge >= 0.3 is 6.09 Å². The summed E-state index contributed by atoms with van der Waals surface area (Å²) in [6.07, 6.45) is -0.199. The van der Waals surface area contributed by atoms with E-state index in [2.05, 4.69) is 41.4 Å². The van der Waals surface area contributed by atoms with Crippen molar-refractivity contribution in [3.8, 4) is 11.3 Å². The van der Waals surface area contributed by atoms with Crippen molar-refractivity contribution in [2.24, 2.45) is 0 Å². The van der Waals surface area contributed by atoms with Crippen LogP contribution in [0.3, 0.4) is 0 Å². The molecular weight excluding hydrogens is 463 g/mol. The average Bonchev–Trinajstić information content (AvgIpc) is 3.42. The summed E-state index contributed by atoms with van der Waals surface area (Å²) in [4.78, 5) is 21.3. The van der Waals surface area contributed by atoms with Gasteiger partial charge in [0.1, 0.15) is 18.0 Å². The number of fused-ring (bicyclic) bond motifs is 1. The van der Waals surface area contributed by atoms with E-state index in [1.807, 2.05) is 24.3 Å². The van der Waals surface area contributed by atoms with Gasteiger partial charge in [0.05, 0.1) is 24.9 Å². The monoisotopic (exact) mass is 492 g/mol. The highest BCUT2D eigenvalue weighted by atomic mass is 19.1. The number of hydrogen-bond donors (Lipinski definition) is 2. The van der Waals surface area contributed by atoms with Crippen LogP contribution in [0.5, 0.6) is 0 Å². The Morgan fingerprint density at radius 2 is 1.83 bits per heavy atom. The molecule has 1 amide bonds. The smallest absolute Gasteiger partial charge is 0.412 e. The van der Waals surface area contributed by atoms with Crippen molar-refractivity contribution in [3.05, 3.63) is 72.2 Å². The van der Waals surface area contributed by atoms with E-state index in [0.717, 1.165) is 0 Å². The molecule has 3 heterocycles. The van der Waals surface area contributed by atoms with Gasteiger partial charge in [-0.15, -0.1) is 0 Å². The fourth-order valence-corrected chi connectivity index (χ4v) is 4.43. The van der Waals surface area contributed by atoms with Gasteiger partial charge in [-0.3, -0.25) is 5.32 Å². The van der Waals surface area contributed by atoms with Crippen molar-refractivity contribution in [3.63, 3.8) is 0 Å². The number of nitrogens with zero attached hydrogens (tertiary/aromatic N) is 2. The summed E-state index contributed by atoms with van der Waals surface area (Å²) in [6, 6.07) is 15.4. The second kappa shape index (κ2) is 9.83. The lowest BCUT2D eigenvalue weighted by molar-refractivity contribution is 0.00917. The zero-order chi connectivity index (χ0) is 25.3. The van der Waals surface area contributed by atoms with Crippen LogP contribution in [-0.4, -0.2) is 53.6 Å². The molecule has 8 nitrogen and oxygen atoms in total. The molecule has 0 radical (unpaired) electrons. The van der Waals surface area contributed by atoms with E-state index in [0.29, 0.717) is 29.5 Å². The first kappa shape index (κ1) is 24.1. The van der Waals surface area contributed by atoms with E-state index in [1.165, 1.54) is 17.7 Å². The molecule has 3 aromatic rings. The first-order valence-electron chi connectivity index (χ1n) is 11.9. The summed E-state index contributed by atoms with van der Waals surface area (Å²) < 4.78 is 31.0. The third-order valence-corrected chi connectivity index (χ3v) is 6.35. The molecule has 2 fully saturated rings. The first-order valence-corrected chi connectivity index (χ1v) is 11.9. The van der Waals surface area contributed by atoms with Crippen LogP contribution in [0, 0.1) is 5.82 Å². The van der Waals surface area contributed by atoms with Gasteiger partial charge in [0.15, 0.2) is 6.10 Å². The maximum Gasteiger partial charge on any atom is 0.412 e. The number of amides is 1. The number of carbonyl (C=O) groups is 1. The van der Waals surface area contributed by atoms with E-state index < -0.39 is 18.3 Å². The van der Waals surface area contributed by atoms with Crippen molar-refractivity contribution >= 4 is 17.7 Å². The molecule has 0 unspecified atom stereocenters. The second-order valence-corrected chi connectivity index (χ2v) is 10.0. The second-order valence-electron chi connectivity index (χ2n) is 10.0. The quantitative estimate of drug-likeness (QED) is 0.530. The van der Waals surface area contributed by atoms with Gasteiger partial charge in [0.25, 0.3) is 0 Å². The Balaban J connectivity index is 1.17. The van der Waals surface area contributed by atoms with Crippen LogP contribution >= 0.6 is 0 Å². The lowest BCUT2D eigenvalue weighted by atomic mass is 9.87. The predicted octanol–water partition coefficient (Wildman–Crippen LogP) is 4.78. The Bertz CT molecular complexity index is 1230. The minimum atomic E-state index is -0.557. The number of ether oxygens (including phenoxy) is 3. The van der Waals surface area contributed by atoms with Gasteiger partial charge in [-0.2, -0.15) is 0 Å². The van der Waals surface area contributed by atoms with Crippen LogP contribution in [0.25, 0.3) is 11.3 Å². The molecule has 0 spiro atoms. The van der Waals surface area contributed by atoms with Crippen LogP contribution in [0.15, 0.2) is 60.8 Å². The lowest BCUT2D eigenvalue weighted by Gasteiger charge is -2.20. The SMILES string of the molecule is CC(C)(C)c1ccc(NC(=O)O[C@@H]2CO[C@H]3[C@@H]2OC[C@@H]3Nc2nccc(-c3cccc(F)c3)n2)cc1. The predicted molar refractivity (Wildman–Crippen MR) is 133 cm³/mol. The van der Waals surface area contributed by atoms with Crippen LogP contribution < -0.4 is 10.6 Å². The number of benzene rings is 2. The molecule has 0 aliphatic carbocycles. The Hall–Kier alpha value is -3.56. The Labute approximate surface area is 209 Å². The van der Waals surface area contributed by atoms with Crippen LogP contribution in [0.4, 0.5) is 20.8 Å². The average molecular weight is 493 g/mol. The number of carbonyl (C=O) groups excluding carboxylic acids is 1. The number of halogens is 1. The summed E-state index contributed by atoms with van der Waals surface area (Å²) in [5.41, 5.74) is 3.13. The molecule has 2 N–H and O–H groups in total. The third-order valence-electron chi connectivity index (χ3n) is 6.35. The number of aromatic nitrogens is 2. The molecule has 0 saturated carbocycles. The zero-order valence-electron chi connectivity index (χ0n) is 20.4. The maximum absolute atomic E-state index is 13.6. The normalized spacial score (nSPS) is 23.2. The van der Waals surface area contributed by atoms with Gasteiger partial charge < -0.3 is 19.5 Å². The van der Waals surface area contributed by atoms with Crippen LogP contribution in [0.2, 0.25) is 0 Å². The molecule has 5 rings (SSSR count). The topological polar surface area (TPSA) is 94.6 Å². The summed E-state index contributed by atoms with van der Waals surface area (Å²) >= 11 is 0. The fraction of sp³-hybridized carbons (Fsp3) is 0.370. The molecule has 2 saturated heterocycles. The van der Waals surface area contributed by atoms with Gasteiger partial charge in [-0.05, 0) is 41.3 Å². The third kappa shape index (κ3) is 5.32. The Kier molecular flexibility index (Phi) is 6.59. The van der Waals surface area contributed by atoms with Crippen molar-refractivity contribution in [2.75, 3.05) is 23.8 Å². The standard InChI is InChI=1S/C27H29FN4O4/c1-27(2,3)17-7-9-19(10-8-17)30-26(33)36-22-15-35-23-21(14-34-24(22)23)32-25-29-12-11-20(31-25)16-5-4-6-18(28)13-16/h4-13,21-24H,14-15H2,1-3H3,(H,30,33)(H,29,31,32)/t21-,22+,23+,24+/m0/s1. The minimum absolute atomic E-state index is 0.0332. The number of anilines is 2. The minimum Gasteiger partial charge on any atom is -0.441 e. The molecule has 2 aliphatic heterocycles. The number of nitrogens with one attached hydrogen (secondary N) is 2. The largest absolute Gasteiger partial charge is 0.441 e. The molecular formula is C27H29FN4O4. The first-order chi connectivity index (χ1) is 17.3. The fourth-order valence-electron chi connectivity index (χ4n) is 4.43. The van der Waals surface area contributed by atoms with E-state index in [4.69, 9.17) is 14.2 Å². The summed E-state index contributed by atoms with van der Waals surface area (Å²) in [5, 5.41) is 6.02. The van der Waals surface area contributed by atoms with Crippen molar-refractivity contribution < 1.29 is 23.4 Å². The molecule has 4 atom stereocenters. The highest BCUT2D eigenvalue weighted by Crippen LogP contribution is 2.31. The maximum atomic E-state index is 13.6. The van der Waals surface area contributed by atoms with E-state index in [9.17, 15) is 9.18 Å². The van der Waals surface area contributed by atoms with Crippen LogP contribution in [-0.2, 0) is 19.6 Å². The van der Waals surface area contributed by atoms with Gasteiger partial charge in [0, 0.05) is 17.4 Å². The van der Waals surface area contributed by atoms with Crippen molar-refractivity contribution in [1.29, 1.82) is 0 Å². The zero-order valence-corrected chi connectivity index (χ0v) is 20.4. The molecule has 9 heteroatoms. The van der Waals surface area contributed by atoms with Crippen LogP contribution in [0.1, 0.15) is 26.3 Å². The molecule has 36 heavy (non-hydrogen) atoms. The van der Waals surface area contributed by atoms with Crippen molar-refractivity contribution in [1.82, 2.24) is 9.97 Å². The number of hydrogen-bond acceptors (Lipinski definition) is 7. The highest BCUT2D eigenvalue weighted by Gasteiger charge is 2.49. The van der Waals surface area contributed by atoms with E-state index in [-0.39, 0.29) is 30.0 Å². The summed E-state index contributed by atoms with van der Waals surface area (Å²) in [5.74, 6) is 0.0550. The highest BCUT2D eigenvalue weighted by molar-refractivity contribution is 5.84. The molecule has 0 bridgehead atoms. The molecule has 1 aromatic heterocycles. The van der Waals surface area contributed by atoms with E-state index in [1.54, 1.807) is 24.4 Å². The van der Waals surface area contributed by atoms with Gasteiger partial charge in [-0.25, -0.2) is 19.2 Å². The van der Waals surface area contributed by atoms with Gasteiger partial charge in [-0.1, -0.05) is 45.0 Å². The Morgan fingerprint density at radius 3 is 2.58 bits per heavy atom.